The van der Waals surface area contributed by atoms with E-state index < -0.39 is 10.0 Å². The van der Waals surface area contributed by atoms with Gasteiger partial charge in [-0.2, -0.15) is 0 Å². The van der Waals surface area contributed by atoms with E-state index in [4.69, 9.17) is 5.73 Å². The zero-order valence-electron chi connectivity index (χ0n) is 20.4. The molecule has 0 saturated heterocycles. The first-order valence-electron chi connectivity index (χ1n) is 11.9. The highest BCUT2D eigenvalue weighted by Crippen LogP contribution is 2.29. The maximum Gasteiger partial charge on any atom is 0.241 e. The Balaban J connectivity index is 1.69. The molecule has 0 aromatic heterocycles. The van der Waals surface area contributed by atoms with Crippen LogP contribution in [0.4, 0.5) is 5.69 Å². The molecule has 0 aliphatic carbocycles. The zero-order valence-corrected chi connectivity index (χ0v) is 21.2. The molecular weight excluding hydrogens is 452 g/mol. The topological polar surface area (TPSA) is 129 Å². The van der Waals surface area contributed by atoms with Gasteiger partial charge in [-0.1, -0.05) is 24.3 Å². The van der Waals surface area contributed by atoms with Gasteiger partial charge in [-0.25, -0.2) is 13.1 Å². The second-order valence-electron chi connectivity index (χ2n) is 8.40. The van der Waals surface area contributed by atoms with E-state index in [0.717, 1.165) is 69.5 Å². The molecule has 0 heterocycles. The fraction of sp³-hybridized carbons (Fsp3) is 0.542. The highest BCUT2D eigenvalue weighted by atomic mass is 32.2. The maximum absolute atomic E-state index is 12.9. The van der Waals surface area contributed by atoms with Gasteiger partial charge in [0.15, 0.2) is 0 Å². The Morgan fingerprint density at radius 2 is 1.47 bits per heavy atom. The molecule has 0 spiro atoms. The average Bonchev–Trinajstić information content (AvgIpc) is 2.82. The fourth-order valence-electron chi connectivity index (χ4n) is 3.61. The third kappa shape index (κ3) is 9.19. The monoisotopic (exact) mass is 492 g/mol. The Morgan fingerprint density at radius 1 is 0.853 bits per heavy atom. The fourth-order valence-corrected chi connectivity index (χ4v) is 4.81. The van der Waals surface area contributed by atoms with Crippen molar-refractivity contribution in [2.45, 2.75) is 30.6 Å². The highest BCUT2D eigenvalue weighted by molar-refractivity contribution is 7.89. The van der Waals surface area contributed by atoms with Crippen molar-refractivity contribution in [1.82, 2.24) is 20.7 Å². The van der Waals surface area contributed by atoms with Crippen LogP contribution >= 0.6 is 0 Å². The van der Waals surface area contributed by atoms with Crippen LogP contribution in [-0.4, -0.2) is 74.2 Å². The van der Waals surface area contributed by atoms with E-state index in [9.17, 15) is 13.2 Å². The number of anilines is 1. The molecule has 1 amide bonds. The summed E-state index contributed by atoms with van der Waals surface area (Å²) in [6.45, 7) is 4.64. The Labute approximate surface area is 203 Å². The lowest BCUT2D eigenvalue weighted by atomic mass is 10.1. The van der Waals surface area contributed by atoms with Crippen LogP contribution in [0.2, 0.25) is 0 Å². The van der Waals surface area contributed by atoms with Gasteiger partial charge in [-0.05, 0) is 70.5 Å². The van der Waals surface area contributed by atoms with Crippen molar-refractivity contribution in [2.75, 3.05) is 64.8 Å². The van der Waals surface area contributed by atoms with E-state index in [1.807, 2.05) is 37.2 Å². The van der Waals surface area contributed by atoms with Gasteiger partial charge >= 0.3 is 0 Å². The van der Waals surface area contributed by atoms with Crippen LogP contribution < -0.4 is 31.3 Å². The second kappa shape index (κ2) is 14.9. The molecule has 2 rings (SSSR count). The number of fused-ring (bicyclic) bond motifs is 1. The number of sulfonamides is 1. The largest absolute Gasteiger partial charge is 0.377 e. The molecule has 0 radical (unpaired) electrons. The van der Waals surface area contributed by atoms with Crippen molar-refractivity contribution in [3.63, 3.8) is 0 Å². The van der Waals surface area contributed by atoms with Gasteiger partial charge in [-0.3, -0.25) is 4.79 Å². The van der Waals surface area contributed by atoms with E-state index in [-0.39, 0.29) is 17.3 Å². The first-order chi connectivity index (χ1) is 16.4. The molecule has 2 aromatic rings. The molecule has 2 aromatic carbocycles. The van der Waals surface area contributed by atoms with E-state index in [1.165, 1.54) is 0 Å². The van der Waals surface area contributed by atoms with Gasteiger partial charge in [0.2, 0.25) is 15.9 Å². The summed E-state index contributed by atoms with van der Waals surface area (Å²) in [4.78, 5) is 14.2. The number of unbranched alkanes of at least 4 members (excludes halogenated alkanes) is 1. The number of nitrogens with zero attached hydrogens (tertiary/aromatic N) is 1. The lowest BCUT2D eigenvalue weighted by Crippen LogP contribution is -2.37. The minimum absolute atomic E-state index is 0.167. The minimum Gasteiger partial charge on any atom is -0.377 e. The third-order valence-corrected chi connectivity index (χ3v) is 6.88. The predicted molar refractivity (Wildman–Crippen MR) is 140 cm³/mol. The molecule has 190 valence electrons. The van der Waals surface area contributed by atoms with Gasteiger partial charge < -0.3 is 26.6 Å². The molecule has 6 N–H and O–H groups in total. The van der Waals surface area contributed by atoms with Crippen molar-refractivity contribution in [3.8, 4) is 0 Å². The van der Waals surface area contributed by atoms with Crippen LogP contribution in [0, 0.1) is 0 Å². The molecule has 0 aliphatic heterocycles. The van der Waals surface area contributed by atoms with Gasteiger partial charge in [0.05, 0.1) is 11.4 Å². The van der Waals surface area contributed by atoms with Crippen LogP contribution in [0.1, 0.15) is 25.7 Å². The molecule has 0 bridgehead atoms. The maximum atomic E-state index is 12.9. The van der Waals surface area contributed by atoms with Gasteiger partial charge in [0, 0.05) is 37.1 Å². The summed E-state index contributed by atoms with van der Waals surface area (Å²) in [5.41, 5.74) is 6.38. The van der Waals surface area contributed by atoms with Crippen LogP contribution in [0.25, 0.3) is 10.8 Å². The Morgan fingerprint density at radius 3 is 2.15 bits per heavy atom. The predicted octanol–water partition coefficient (Wildman–Crippen LogP) is 0.999. The van der Waals surface area contributed by atoms with Gasteiger partial charge in [0.25, 0.3) is 0 Å². The summed E-state index contributed by atoms with van der Waals surface area (Å²) in [5.74, 6) is -0.346. The summed E-state index contributed by atoms with van der Waals surface area (Å²) < 4.78 is 28.2. The SMILES string of the molecule is CN(C)c1cccc2c(S(=O)(=O)NCC(=O)NCCCNCCCCNCCCN)cccc12. The van der Waals surface area contributed by atoms with Gasteiger partial charge in [-0.15, -0.1) is 0 Å². The quantitative estimate of drug-likeness (QED) is 0.208. The van der Waals surface area contributed by atoms with Crippen molar-refractivity contribution < 1.29 is 13.2 Å². The normalized spacial score (nSPS) is 11.6. The number of nitrogens with one attached hydrogen (secondary N) is 4. The molecule has 0 unspecified atom stereocenters. The molecule has 9 nitrogen and oxygen atoms in total. The second-order valence-corrected chi connectivity index (χ2v) is 10.1. The minimum atomic E-state index is -3.83. The van der Waals surface area contributed by atoms with E-state index in [2.05, 4.69) is 20.7 Å². The van der Waals surface area contributed by atoms with E-state index in [1.54, 1.807) is 18.2 Å². The lowest BCUT2D eigenvalue weighted by molar-refractivity contribution is -0.119. The zero-order chi connectivity index (χ0) is 24.8. The van der Waals surface area contributed by atoms with Crippen LogP contribution in [-0.2, 0) is 14.8 Å². The summed E-state index contributed by atoms with van der Waals surface area (Å²) >= 11 is 0. The number of hydrogen-bond donors (Lipinski definition) is 5. The van der Waals surface area contributed by atoms with Crippen LogP contribution in [0.15, 0.2) is 41.3 Å². The van der Waals surface area contributed by atoms with E-state index >= 15 is 0 Å². The number of nitrogens with two attached hydrogens (primary N) is 1. The van der Waals surface area contributed by atoms with Crippen LogP contribution in [0.5, 0.6) is 0 Å². The standard InChI is InChI=1S/C24H40N6O3S/c1-30(2)22-11-5-10-21-20(22)9-6-12-23(21)34(32,33)29-19-24(31)28-18-8-17-27-15-4-3-14-26-16-7-13-25/h5-6,9-12,26-27,29H,3-4,7-8,13-19,25H2,1-2H3,(H,28,31). The number of rotatable bonds is 17. The Bertz CT molecular complexity index is 997. The lowest BCUT2D eigenvalue weighted by Gasteiger charge is -2.17. The van der Waals surface area contributed by atoms with Crippen molar-refractivity contribution in [1.29, 1.82) is 0 Å². The summed E-state index contributed by atoms with van der Waals surface area (Å²) in [5, 5.41) is 10.9. The number of carbonyl (C=O) groups excluding carboxylic acids is 1. The molecule has 34 heavy (non-hydrogen) atoms. The molecule has 10 heteroatoms. The third-order valence-electron chi connectivity index (χ3n) is 5.42. The van der Waals surface area contributed by atoms with E-state index in [0.29, 0.717) is 11.9 Å². The van der Waals surface area contributed by atoms with Crippen molar-refractivity contribution in [3.05, 3.63) is 36.4 Å². The number of benzene rings is 2. The molecular formula is C24H40N6O3S. The Kier molecular flexibility index (Phi) is 12.3. The van der Waals surface area contributed by atoms with Crippen molar-refractivity contribution in [2.24, 2.45) is 5.73 Å². The summed E-state index contributed by atoms with van der Waals surface area (Å²) in [7, 11) is -0.00452. The number of amides is 1. The highest BCUT2D eigenvalue weighted by Gasteiger charge is 2.19. The number of carbonyl (C=O) groups is 1. The first kappa shape index (κ1) is 28.0. The van der Waals surface area contributed by atoms with Crippen LogP contribution in [0.3, 0.4) is 0 Å². The molecule has 0 aliphatic rings. The molecule has 0 saturated carbocycles. The molecule has 0 fully saturated rings. The first-order valence-corrected chi connectivity index (χ1v) is 13.4. The molecule has 0 atom stereocenters. The number of hydrogen-bond acceptors (Lipinski definition) is 7. The smallest absolute Gasteiger partial charge is 0.241 e. The summed E-state index contributed by atoms with van der Waals surface area (Å²) in [6.07, 6.45) is 3.99. The van der Waals surface area contributed by atoms with Gasteiger partial charge in [0.1, 0.15) is 0 Å². The summed E-state index contributed by atoms with van der Waals surface area (Å²) in [6, 6.07) is 10.7. The average molecular weight is 493 g/mol. The van der Waals surface area contributed by atoms with Crippen molar-refractivity contribution >= 4 is 32.4 Å². The Hall–Kier alpha value is -2.24.